The molecule has 0 amide bonds. The van der Waals surface area contributed by atoms with E-state index in [1.54, 1.807) is 5.57 Å². The van der Waals surface area contributed by atoms with Crippen molar-refractivity contribution in [1.29, 1.82) is 0 Å². The second kappa shape index (κ2) is 8.55. The maximum Gasteiger partial charge on any atom is 0.00545 e. The van der Waals surface area contributed by atoms with Crippen LogP contribution in [0.25, 0.3) is 0 Å². The largest absolute Gasteiger partial charge is 0.176 e. The summed E-state index contributed by atoms with van der Waals surface area (Å²) in [5.74, 6) is 5.71. The molecule has 4 rings (SSSR count). The molecule has 0 nitrogen and oxygen atoms in total. The van der Waals surface area contributed by atoms with Crippen molar-refractivity contribution < 1.29 is 0 Å². The summed E-state index contributed by atoms with van der Waals surface area (Å²) in [5, 5.41) is 0.618. The van der Waals surface area contributed by atoms with Crippen molar-refractivity contribution in [2.24, 2.45) is 46.3 Å². The molecule has 3 saturated carbocycles. The van der Waals surface area contributed by atoms with Crippen molar-refractivity contribution in [3.8, 4) is 0 Å². The van der Waals surface area contributed by atoms with Gasteiger partial charge in [-0.2, -0.15) is 12.6 Å². The SMILES string of the molecule is CC(C)CCCCC(C)C1CCC2C3CC=C4CC(S)CCC4(C)C3CCC12C. The Labute approximate surface area is 187 Å². The van der Waals surface area contributed by atoms with Crippen LogP contribution >= 0.6 is 12.6 Å². The molecule has 8 unspecified atom stereocenters. The molecule has 29 heavy (non-hydrogen) atoms. The molecule has 166 valence electrons. The van der Waals surface area contributed by atoms with E-state index in [9.17, 15) is 0 Å². The van der Waals surface area contributed by atoms with Crippen LogP contribution in [0.2, 0.25) is 0 Å². The minimum Gasteiger partial charge on any atom is -0.176 e. The van der Waals surface area contributed by atoms with Gasteiger partial charge in [0.1, 0.15) is 0 Å². The van der Waals surface area contributed by atoms with Gasteiger partial charge < -0.3 is 0 Å². The molecule has 1 heteroatoms. The maximum absolute atomic E-state index is 4.85. The number of fused-ring (bicyclic) bond motifs is 5. The molecule has 0 aromatic rings. The number of thiol groups is 1. The lowest BCUT2D eigenvalue weighted by Crippen LogP contribution is -2.50. The lowest BCUT2D eigenvalue weighted by molar-refractivity contribution is -0.0497. The highest BCUT2D eigenvalue weighted by Crippen LogP contribution is 2.67. The molecule has 3 fully saturated rings. The number of allylic oxidation sites excluding steroid dienone is 2. The van der Waals surface area contributed by atoms with Gasteiger partial charge in [0.15, 0.2) is 0 Å². The Kier molecular flexibility index (Phi) is 6.57. The molecular weight excluding hydrogens is 368 g/mol. The van der Waals surface area contributed by atoms with Crippen LogP contribution in [0.15, 0.2) is 11.6 Å². The van der Waals surface area contributed by atoms with Gasteiger partial charge in [-0.05, 0) is 97.7 Å². The minimum atomic E-state index is 0.504. The molecule has 0 aromatic heterocycles. The molecular formula is C28H48S. The maximum atomic E-state index is 4.85. The molecule has 0 radical (unpaired) electrons. The molecule has 0 saturated heterocycles. The molecule has 8 atom stereocenters. The highest BCUT2D eigenvalue weighted by atomic mass is 32.1. The van der Waals surface area contributed by atoms with E-state index in [-0.39, 0.29) is 0 Å². The van der Waals surface area contributed by atoms with Crippen LogP contribution < -0.4 is 0 Å². The third-order valence-corrected chi connectivity index (χ3v) is 11.0. The van der Waals surface area contributed by atoms with Crippen molar-refractivity contribution >= 4 is 12.6 Å². The van der Waals surface area contributed by atoms with Crippen LogP contribution in [-0.4, -0.2) is 5.25 Å². The van der Waals surface area contributed by atoms with Gasteiger partial charge in [-0.1, -0.05) is 72.0 Å². The molecule has 0 aromatic carbocycles. The van der Waals surface area contributed by atoms with Gasteiger partial charge in [-0.15, -0.1) is 0 Å². The Morgan fingerprint density at radius 3 is 2.48 bits per heavy atom. The fraction of sp³-hybridized carbons (Fsp3) is 0.929. The molecule has 4 aliphatic rings. The van der Waals surface area contributed by atoms with Gasteiger partial charge in [0, 0.05) is 5.25 Å². The summed E-state index contributed by atoms with van der Waals surface area (Å²) in [6, 6.07) is 0. The normalized spacial score (nSPS) is 45.3. The first-order chi connectivity index (χ1) is 13.8. The van der Waals surface area contributed by atoms with E-state index in [1.807, 2.05) is 0 Å². The van der Waals surface area contributed by atoms with Gasteiger partial charge in [-0.25, -0.2) is 0 Å². The van der Waals surface area contributed by atoms with E-state index in [1.165, 1.54) is 77.0 Å². The smallest absolute Gasteiger partial charge is 0.00545 e. The number of rotatable bonds is 6. The molecule has 4 aliphatic carbocycles. The molecule has 0 heterocycles. The predicted octanol–water partition coefficient (Wildman–Crippen LogP) is 8.72. The van der Waals surface area contributed by atoms with Crippen LogP contribution in [0.1, 0.15) is 112 Å². The van der Waals surface area contributed by atoms with Crippen LogP contribution in [0, 0.1) is 46.3 Å². The zero-order valence-electron chi connectivity index (χ0n) is 20.1. The molecule has 0 bridgehead atoms. The van der Waals surface area contributed by atoms with Crippen molar-refractivity contribution in [3.05, 3.63) is 11.6 Å². The summed E-state index contributed by atoms with van der Waals surface area (Å²) in [4.78, 5) is 0. The zero-order chi connectivity index (χ0) is 20.8. The van der Waals surface area contributed by atoms with E-state index in [4.69, 9.17) is 12.6 Å². The Morgan fingerprint density at radius 1 is 0.966 bits per heavy atom. The monoisotopic (exact) mass is 416 g/mol. The number of unbranched alkanes of at least 4 members (excludes halogenated alkanes) is 1. The quantitative estimate of drug-likeness (QED) is 0.250. The van der Waals surface area contributed by atoms with Crippen LogP contribution in [0.4, 0.5) is 0 Å². The molecule has 0 aliphatic heterocycles. The average molecular weight is 417 g/mol. The third-order valence-electron chi connectivity index (χ3n) is 10.5. The van der Waals surface area contributed by atoms with E-state index in [0.717, 1.165) is 35.5 Å². The summed E-state index contributed by atoms with van der Waals surface area (Å²) in [6.45, 7) is 12.7. The predicted molar refractivity (Wildman–Crippen MR) is 130 cm³/mol. The van der Waals surface area contributed by atoms with Crippen molar-refractivity contribution in [1.82, 2.24) is 0 Å². The van der Waals surface area contributed by atoms with Crippen LogP contribution in [0.5, 0.6) is 0 Å². The summed E-state index contributed by atoms with van der Waals surface area (Å²) in [5.41, 5.74) is 2.92. The fourth-order valence-corrected chi connectivity index (χ4v) is 9.16. The lowest BCUT2D eigenvalue weighted by atomic mass is 9.47. The Balaban J connectivity index is 1.44. The lowest BCUT2D eigenvalue weighted by Gasteiger charge is -2.58. The average Bonchev–Trinajstić information content (AvgIpc) is 3.03. The first-order valence-electron chi connectivity index (χ1n) is 13.1. The van der Waals surface area contributed by atoms with Gasteiger partial charge in [-0.3, -0.25) is 0 Å². The highest BCUT2D eigenvalue weighted by Gasteiger charge is 2.58. The second-order valence-corrected chi connectivity index (χ2v) is 13.3. The fourth-order valence-electron chi connectivity index (χ4n) is 8.84. The van der Waals surface area contributed by atoms with E-state index in [2.05, 4.69) is 40.7 Å². The van der Waals surface area contributed by atoms with Gasteiger partial charge in [0.25, 0.3) is 0 Å². The summed E-state index contributed by atoms with van der Waals surface area (Å²) in [6.07, 6.45) is 19.9. The first kappa shape index (κ1) is 22.3. The number of hydrogen-bond donors (Lipinski definition) is 1. The van der Waals surface area contributed by atoms with E-state index >= 15 is 0 Å². The van der Waals surface area contributed by atoms with Gasteiger partial charge in [0.2, 0.25) is 0 Å². The van der Waals surface area contributed by atoms with Crippen molar-refractivity contribution in [2.75, 3.05) is 0 Å². The Bertz CT molecular complexity index is 605. The number of hydrogen-bond acceptors (Lipinski definition) is 1. The van der Waals surface area contributed by atoms with Crippen LogP contribution in [0.3, 0.4) is 0 Å². The van der Waals surface area contributed by atoms with E-state index < -0.39 is 0 Å². The first-order valence-corrected chi connectivity index (χ1v) is 13.6. The second-order valence-electron chi connectivity index (χ2n) is 12.5. The Hall–Kier alpha value is 0.0900. The minimum absolute atomic E-state index is 0.504. The van der Waals surface area contributed by atoms with Gasteiger partial charge in [0.05, 0.1) is 0 Å². The molecule has 0 N–H and O–H groups in total. The summed E-state index contributed by atoms with van der Waals surface area (Å²) < 4.78 is 0. The molecule has 0 spiro atoms. The van der Waals surface area contributed by atoms with Crippen LogP contribution in [-0.2, 0) is 0 Å². The topological polar surface area (TPSA) is 0 Å². The third kappa shape index (κ3) is 4.01. The summed E-state index contributed by atoms with van der Waals surface area (Å²) >= 11 is 4.85. The van der Waals surface area contributed by atoms with Crippen molar-refractivity contribution in [2.45, 2.75) is 117 Å². The van der Waals surface area contributed by atoms with Crippen molar-refractivity contribution in [3.63, 3.8) is 0 Å². The standard InChI is InChI=1S/C28H48S/c1-19(2)8-6-7-9-20(3)24-12-13-25-23-11-10-21-18-22(29)14-16-27(21,4)26(23)15-17-28(24,25)5/h10,19-20,22-26,29H,6-9,11-18H2,1-5H3. The van der Waals surface area contributed by atoms with E-state index in [0.29, 0.717) is 16.1 Å². The highest BCUT2D eigenvalue weighted by molar-refractivity contribution is 7.80. The zero-order valence-corrected chi connectivity index (χ0v) is 20.9. The Morgan fingerprint density at radius 2 is 1.72 bits per heavy atom. The summed E-state index contributed by atoms with van der Waals surface area (Å²) in [7, 11) is 0. The van der Waals surface area contributed by atoms with Gasteiger partial charge >= 0.3 is 0 Å².